The molecule has 8 heteroatoms. The molecule has 1 fully saturated rings. The summed E-state index contributed by atoms with van der Waals surface area (Å²) in [6, 6.07) is 13.3. The number of rotatable bonds is 6. The first-order valence-electron chi connectivity index (χ1n) is 10.9. The van der Waals surface area contributed by atoms with E-state index in [1.807, 2.05) is 30.3 Å². The number of hydrogen-bond acceptors (Lipinski definition) is 8. The third-order valence-electron chi connectivity index (χ3n) is 5.87. The molecule has 0 saturated carbocycles. The van der Waals surface area contributed by atoms with Gasteiger partial charge in [0.15, 0.2) is 0 Å². The van der Waals surface area contributed by atoms with Crippen LogP contribution in [-0.4, -0.2) is 47.7 Å². The Hall–Kier alpha value is -3.75. The van der Waals surface area contributed by atoms with E-state index in [0.29, 0.717) is 11.5 Å². The topological polar surface area (TPSA) is 99.6 Å². The number of pyridine rings is 2. The van der Waals surface area contributed by atoms with Crippen molar-refractivity contribution < 1.29 is 14.6 Å². The number of carbonyl (C=O) groups is 1. The van der Waals surface area contributed by atoms with Gasteiger partial charge >= 0.3 is 0 Å². The first-order valence-corrected chi connectivity index (χ1v) is 10.9. The molecule has 3 aromatic rings. The first-order chi connectivity index (χ1) is 16.2. The maximum absolute atomic E-state index is 11.8. The molecule has 1 atom stereocenters. The van der Waals surface area contributed by atoms with E-state index in [2.05, 4.69) is 32.7 Å². The van der Waals surface area contributed by atoms with Gasteiger partial charge in [-0.3, -0.25) is 4.98 Å². The normalized spacial score (nSPS) is 17.2. The lowest BCUT2D eigenvalue weighted by atomic mass is 9.97. The van der Waals surface area contributed by atoms with Crippen molar-refractivity contribution in [1.82, 2.24) is 15.3 Å². The fourth-order valence-electron chi connectivity index (χ4n) is 4.10. The number of nitrogens with zero attached hydrogens (tertiary/aromatic N) is 3. The van der Waals surface area contributed by atoms with Gasteiger partial charge in [-0.05, 0) is 60.3 Å². The number of aliphatic hydroxyl groups excluding tert-OH is 1. The summed E-state index contributed by atoms with van der Waals surface area (Å²) in [5, 5.41) is 15.8. The Kier molecular flexibility index (Phi) is 6.01. The minimum Gasteiger partial charge on any atom is -0.390 e. The lowest BCUT2D eigenvalue weighted by molar-refractivity contribution is -0.109. The number of benzene rings is 1. The zero-order chi connectivity index (χ0) is 22.6. The highest BCUT2D eigenvalue weighted by atomic mass is 16.5. The number of hydrogen-bond donors (Lipinski definition) is 3. The van der Waals surface area contributed by atoms with Gasteiger partial charge in [0.1, 0.15) is 18.1 Å². The third kappa shape index (κ3) is 4.44. The first kappa shape index (κ1) is 21.1. The van der Waals surface area contributed by atoms with Crippen LogP contribution in [0.4, 0.5) is 17.2 Å². The van der Waals surface area contributed by atoms with Crippen molar-refractivity contribution in [1.29, 1.82) is 0 Å². The van der Waals surface area contributed by atoms with Gasteiger partial charge in [-0.15, -0.1) is 0 Å². The zero-order valence-electron chi connectivity index (χ0n) is 18.1. The van der Waals surface area contributed by atoms with E-state index in [4.69, 9.17) is 9.72 Å². The van der Waals surface area contributed by atoms with Crippen molar-refractivity contribution in [2.75, 3.05) is 36.5 Å². The number of carbonyl (C=O) groups excluding carboxylic acids is 1. The SMILES string of the molecule is O=CC1NC=Cc2cc(-c3ccc(CO)nc3)nc(Nc3ccc(N4CCOCC4)cc3)c21. The Balaban J connectivity index is 1.49. The molecule has 0 radical (unpaired) electrons. The van der Waals surface area contributed by atoms with Crippen LogP contribution < -0.4 is 15.5 Å². The number of ether oxygens (including phenoxy) is 1. The smallest absolute Gasteiger partial charge is 0.146 e. The average molecular weight is 444 g/mol. The second-order valence-electron chi connectivity index (χ2n) is 7.94. The van der Waals surface area contributed by atoms with E-state index in [0.717, 1.165) is 66.3 Å². The second kappa shape index (κ2) is 9.40. The van der Waals surface area contributed by atoms with Gasteiger partial charge in [-0.25, -0.2) is 4.98 Å². The molecule has 3 N–H and O–H groups in total. The molecule has 33 heavy (non-hydrogen) atoms. The minimum atomic E-state index is -0.489. The van der Waals surface area contributed by atoms with E-state index in [1.54, 1.807) is 18.5 Å². The third-order valence-corrected chi connectivity index (χ3v) is 5.87. The largest absolute Gasteiger partial charge is 0.390 e. The van der Waals surface area contributed by atoms with Crippen LogP contribution in [0.3, 0.4) is 0 Å². The highest BCUT2D eigenvalue weighted by molar-refractivity contribution is 5.80. The Morgan fingerprint density at radius 1 is 1.18 bits per heavy atom. The minimum absolute atomic E-state index is 0.111. The number of aromatic nitrogens is 2. The Labute approximate surface area is 191 Å². The molecule has 1 aromatic carbocycles. The van der Waals surface area contributed by atoms with Crippen molar-refractivity contribution in [3.63, 3.8) is 0 Å². The van der Waals surface area contributed by atoms with Gasteiger partial charge in [0.2, 0.25) is 0 Å². The summed E-state index contributed by atoms with van der Waals surface area (Å²) in [7, 11) is 0. The molecule has 168 valence electrons. The Morgan fingerprint density at radius 3 is 2.70 bits per heavy atom. The lowest BCUT2D eigenvalue weighted by Gasteiger charge is -2.29. The molecule has 1 unspecified atom stereocenters. The van der Waals surface area contributed by atoms with Crippen LogP contribution in [-0.2, 0) is 16.1 Å². The van der Waals surface area contributed by atoms with Crippen LogP contribution in [0.5, 0.6) is 0 Å². The molecule has 0 spiro atoms. The van der Waals surface area contributed by atoms with E-state index in [1.165, 1.54) is 0 Å². The molecular formula is C25H25N5O3. The fourth-order valence-corrected chi connectivity index (χ4v) is 4.10. The van der Waals surface area contributed by atoms with Crippen LogP contribution in [0.25, 0.3) is 17.3 Å². The summed E-state index contributed by atoms with van der Waals surface area (Å²) < 4.78 is 5.44. The number of nitrogens with one attached hydrogen (secondary N) is 2. The molecule has 0 amide bonds. The van der Waals surface area contributed by atoms with Gasteiger partial charge in [0.25, 0.3) is 0 Å². The summed E-state index contributed by atoms with van der Waals surface area (Å²) in [5.41, 5.74) is 5.90. The van der Waals surface area contributed by atoms with Gasteiger partial charge in [0, 0.05) is 41.8 Å². The maximum atomic E-state index is 11.8. The molecule has 1 saturated heterocycles. The quantitative estimate of drug-likeness (QED) is 0.500. The van der Waals surface area contributed by atoms with Crippen LogP contribution in [0.15, 0.2) is 54.9 Å². The van der Waals surface area contributed by atoms with Crippen LogP contribution in [0.2, 0.25) is 0 Å². The molecule has 4 heterocycles. The van der Waals surface area contributed by atoms with Crippen LogP contribution >= 0.6 is 0 Å². The van der Waals surface area contributed by atoms with Crippen molar-refractivity contribution in [2.45, 2.75) is 12.6 Å². The number of aliphatic hydroxyl groups is 1. The van der Waals surface area contributed by atoms with Crippen molar-refractivity contribution in [3.05, 3.63) is 71.7 Å². The van der Waals surface area contributed by atoms with Crippen LogP contribution in [0, 0.1) is 0 Å². The van der Waals surface area contributed by atoms with E-state index in [9.17, 15) is 9.90 Å². The predicted octanol–water partition coefficient (Wildman–Crippen LogP) is 3.03. The molecule has 5 rings (SSSR count). The molecule has 8 nitrogen and oxygen atoms in total. The number of aldehydes is 1. The molecular weight excluding hydrogens is 418 g/mol. The van der Waals surface area contributed by atoms with E-state index < -0.39 is 6.04 Å². The van der Waals surface area contributed by atoms with Crippen LogP contribution in [0.1, 0.15) is 22.9 Å². The summed E-state index contributed by atoms with van der Waals surface area (Å²) in [6.07, 6.45) is 6.29. The van der Waals surface area contributed by atoms with Gasteiger partial charge in [0.05, 0.1) is 31.2 Å². The Bertz CT molecular complexity index is 1160. The highest BCUT2D eigenvalue weighted by Gasteiger charge is 2.23. The summed E-state index contributed by atoms with van der Waals surface area (Å²) in [4.78, 5) is 23.2. The summed E-state index contributed by atoms with van der Waals surface area (Å²) in [6.45, 7) is 3.13. The predicted molar refractivity (Wildman–Crippen MR) is 127 cm³/mol. The molecule has 2 aliphatic heterocycles. The average Bonchev–Trinajstić information content (AvgIpc) is 2.89. The molecule has 0 aliphatic carbocycles. The molecule has 0 bridgehead atoms. The van der Waals surface area contributed by atoms with Crippen molar-refractivity contribution in [2.24, 2.45) is 0 Å². The lowest BCUT2D eigenvalue weighted by Crippen LogP contribution is -2.36. The number of anilines is 3. The summed E-state index contributed by atoms with van der Waals surface area (Å²) in [5.74, 6) is 0.613. The van der Waals surface area contributed by atoms with Crippen molar-refractivity contribution in [3.8, 4) is 11.3 Å². The van der Waals surface area contributed by atoms with Gasteiger partial charge in [-0.2, -0.15) is 0 Å². The monoisotopic (exact) mass is 443 g/mol. The number of morpholine rings is 1. The Morgan fingerprint density at radius 2 is 2.00 bits per heavy atom. The summed E-state index contributed by atoms with van der Waals surface area (Å²) >= 11 is 0. The zero-order valence-corrected chi connectivity index (χ0v) is 18.1. The van der Waals surface area contributed by atoms with Crippen molar-refractivity contribution >= 4 is 29.6 Å². The number of fused-ring (bicyclic) bond motifs is 1. The van der Waals surface area contributed by atoms with E-state index >= 15 is 0 Å². The van der Waals surface area contributed by atoms with E-state index in [-0.39, 0.29) is 6.61 Å². The second-order valence-corrected chi connectivity index (χ2v) is 7.94. The standard InChI is InChI=1S/C25H25N5O3/c31-15-20-2-1-18(14-27-20)22-13-17-7-8-26-23(16-32)24(17)25(29-22)28-19-3-5-21(6-4-19)30-9-11-33-12-10-30/h1-8,13-14,16,23,26,31H,9-12,15H2,(H,28,29). The highest BCUT2D eigenvalue weighted by Crippen LogP contribution is 2.34. The van der Waals surface area contributed by atoms with Gasteiger partial charge < -0.3 is 30.2 Å². The molecule has 2 aliphatic rings. The van der Waals surface area contributed by atoms with Gasteiger partial charge in [-0.1, -0.05) is 0 Å². The maximum Gasteiger partial charge on any atom is 0.146 e. The molecule has 2 aromatic heterocycles. The fraction of sp³-hybridized carbons (Fsp3) is 0.240.